The summed E-state index contributed by atoms with van der Waals surface area (Å²) in [4.78, 5) is 0. The zero-order chi connectivity index (χ0) is 7.49. The summed E-state index contributed by atoms with van der Waals surface area (Å²) in [7, 11) is 1.52. The predicted octanol–water partition coefficient (Wildman–Crippen LogP) is 1.57. The zero-order valence-electron chi connectivity index (χ0n) is 7.19. The lowest BCUT2D eigenvalue weighted by Gasteiger charge is -2.27. The smallest absolute Gasteiger partial charge is 0.166 e. The molecule has 0 N–H and O–H groups in total. The van der Waals surface area contributed by atoms with Crippen molar-refractivity contribution in [2.45, 2.75) is 32.7 Å². The maximum atomic E-state index is 5.21. The van der Waals surface area contributed by atoms with Crippen molar-refractivity contribution >= 4 is 9.76 Å². The molecule has 0 rings (SSSR count). The Hall–Kier alpha value is 0.177. The third-order valence-corrected chi connectivity index (χ3v) is 3.93. The van der Waals surface area contributed by atoms with Crippen LogP contribution in [0.15, 0.2) is 0 Å². The Kier molecular flexibility index (Phi) is 3.44. The van der Waals surface area contributed by atoms with Crippen LogP contribution in [0.4, 0.5) is 0 Å². The van der Waals surface area contributed by atoms with E-state index in [0.29, 0.717) is 5.04 Å². The van der Waals surface area contributed by atoms with E-state index in [1.807, 2.05) is 7.11 Å². The third kappa shape index (κ3) is 3.01. The van der Waals surface area contributed by atoms with Gasteiger partial charge in [-0.2, -0.15) is 0 Å². The first-order valence-electron chi connectivity index (χ1n) is 3.49. The molecule has 0 bridgehead atoms. The van der Waals surface area contributed by atoms with Gasteiger partial charge in [-0.1, -0.05) is 27.7 Å². The van der Waals surface area contributed by atoms with E-state index in [9.17, 15) is 0 Å². The van der Waals surface area contributed by atoms with Crippen molar-refractivity contribution < 1.29 is 4.43 Å². The summed E-state index contributed by atoms with van der Waals surface area (Å²) >= 11 is 0. The Morgan fingerprint density at radius 2 is 1.78 bits per heavy atom. The second-order valence-electron chi connectivity index (χ2n) is 3.58. The minimum absolute atomic E-state index is 0.298. The second kappa shape index (κ2) is 3.37. The van der Waals surface area contributed by atoms with E-state index in [1.54, 1.807) is 0 Å². The van der Waals surface area contributed by atoms with Crippen LogP contribution in [0.1, 0.15) is 27.7 Å². The molecule has 0 aromatic rings. The number of hydrogen-bond donors (Lipinski definition) is 0. The van der Waals surface area contributed by atoms with Gasteiger partial charge in [-0.15, -0.1) is 0 Å². The Morgan fingerprint density at radius 3 is 1.89 bits per heavy atom. The zero-order valence-corrected chi connectivity index (χ0v) is 8.61. The molecule has 0 aromatic carbocycles. The van der Waals surface area contributed by atoms with E-state index in [2.05, 4.69) is 27.7 Å². The Labute approximate surface area is 60.7 Å². The molecule has 0 unspecified atom stereocenters. The van der Waals surface area contributed by atoms with E-state index in [1.165, 1.54) is 0 Å². The van der Waals surface area contributed by atoms with Crippen LogP contribution < -0.4 is 0 Å². The van der Waals surface area contributed by atoms with Gasteiger partial charge >= 0.3 is 0 Å². The molecule has 0 fully saturated rings. The summed E-state index contributed by atoms with van der Waals surface area (Å²) in [6, 6.07) is 0. The summed E-state index contributed by atoms with van der Waals surface area (Å²) in [6.45, 7) is 9.08. The minimum atomic E-state index is -0.298. The third-order valence-electron chi connectivity index (χ3n) is 2.08. The van der Waals surface area contributed by atoms with Crippen molar-refractivity contribution in [3.05, 3.63) is 0 Å². The first-order chi connectivity index (χ1) is 4.00. The molecule has 1 nitrogen and oxygen atoms in total. The minimum Gasteiger partial charge on any atom is -0.427 e. The van der Waals surface area contributed by atoms with E-state index in [-0.39, 0.29) is 9.76 Å². The van der Waals surface area contributed by atoms with Gasteiger partial charge in [0.2, 0.25) is 0 Å². The first-order valence-corrected chi connectivity index (χ1v) is 4.78. The van der Waals surface area contributed by atoms with Crippen LogP contribution in [0.25, 0.3) is 0 Å². The molecule has 0 saturated carbocycles. The van der Waals surface area contributed by atoms with Gasteiger partial charge in [0.1, 0.15) is 0 Å². The van der Waals surface area contributed by atoms with Crippen molar-refractivity contribution in [2.24, 2.45) is 5.92 Å². The van der Waals surface area contributed by atoms with E-state index >= 15 is 0 Å². The lowest BCUT2D eigenvalue weighted by molar-refractivity contribution is 0.370. The van der Waals surface area contributed by atoms with Gasteiger partial charge in [0.05, 0.1) is 0 Å². The molecule has 56 valence electrons. The first kappa shape index (κ1) is 9.18. The van der Waals surface area contributed by atoms with E-state index in [0.717, 1.165) is 5.92 Å². The molecule has 0 aromatic heterocycles. The lowest BCUT2D eigenvalue weighted by atomic mass is 9.99. The Bertz CT molecular complexity index is 79.0. The molecule has 0 atom stereocenters. The molecule has 0 saturated heterocycles. The van der Waals surface area contributed by atoms with Crippen LogP contribution in [0.3, 0.4) is 0 Å². The molecule has 2 heteroatoms. The van der Waals surface area contributed by atoms with E-state index < -0.39 is 0 Å². The summed E-state index contributed by atoms with van der Waals surface area (Å²) in [5, 5.41) is 0.467. The van der Waals surface area contributed by atoms with Crippen molar-refractivity contribution in [3.63, 3.8) is 0 Å². The fraction of sp³-hybridized carbons (Fsp3) is 1.00. The number of hydrogen-bond acceptors (Lipinski definition) is 1. The van der Waals surface area contributed by atoms with Gasteiger partial charge in [0.25, 0.3) is 0 Å². The summed E-state index contributed by atoms with van der Waals surface area (Å²) in [6.07, 6.45) is 0. The molecule has 9 heavy (non-hydrogen) atoms. The van der Waals surface area contributed by atoms with Gasteiger partial charge in [-0.05, 0) is 11.0 Å². The average Bonchev–Trinajstić information content (AvgIpc) is 1.65. The van der Waals surface area contributed by atoms with Crippen LogP contribution in [-0.4, -0.2) is 16.9 Å². The van der Waals surface area contributed by atoms with Crippen LogP contribution in [0.2, 0.25) is 5.04 Å². The molecule has 0 aliphatic heterocycles. The molecular weight excluding hydrogens is 128 g/mol. The SMILES string of the molecule is CO[SiH2]C(C)(C)C(C)C. The molecule has 0 aliphatic rings. The van der Waals surface area contributed by atoms with Crippen LogP contribution in [0.5, 0.6) is 0 Å². The van der Waals surface area contributed by atoms with Gasteiger partial charge in [-0.3, -0.25) is 0 Å². The fourth-order valence-corrected chi connectivity index (χ4v) is 1.62. The van der Waals surface area contributed by atoms with Crippen LogP contribution >= 0.6 is 0 Å². The highest BCUT2D eigenvalue weighted by molar-refractivity contribution is 6.31. The van der Waals surface area contributed by atoms with E-state index in [4.69, 9.17) is 4.43 Å². The molecule has 0 aliphatic carbocycles. The van der Waals surface area contributed by atoms with Crippen molar-refractivity contribution in [1.29, 1.82) is 0 Å². The van der Waals surface area contributed by atoms with Gasteiger partial charge in [0.15, 0.2) is 9.76 Å². The maximum absolute atomic E-state index is 5.21. The standard InChI is InChI=1S/C7H18OSi/c1-6(2)7(3,4)9-8-5/h6H,9H2,1-5H3. The Morgan fingerprint density at radius 1 is 1.33 bits per heavy atom. The van der Waals surface area contributed by atoms with Crippen LogP contribution in [0, 0.1) is 5.92 Å². The van der Waals surface area contributed by atoms with Gasteiger partial charge in [0, 0.05) is 7.11 Å². The lowest BCUT2D eigenvalue weighted by Crippen LogP contribution is -2.20. The summed E-state index contributed by atoms with van der Waals surface area (Å²) in [5.41, 5.74) is 0. The molecule has 0 radical (unpaired) electrons. The monoisotopic (exact) mass is 146 g/mol. The highest BCUT2D eigenvalue weighted by atomic mass is 28.2. The molecule has 0 amide bonds. The second-order valence-corrected chi connectivity index (χ2v) is 6.26. The normalized spacial score (nSPS) is 14.0. The fourth-order valence-electron chi connectivity index (χ4n) is 0.539. The average molecular weight is 146 g/mol. The largest absolute Gasteiger partial charge is 0.427 e. The topological polar surface area (TPSA) is 9.23 Å². The summed E-state index contributed by atoms with van der Waals surface area (Å²) < 4.78 is 5.21. The highest BCUT2D eigenvalue weighted by Crippen LogP contribution is 2.32. The maximum Gasteiger partial charge on any atom is 0.166 e. The predicted molar refractivity (Wildman–Crippen MR) is 44.4 cm³/mol. The highest BCUT2D eigenvalue weighted by Gasteiger charge is 2.22. The van der Waals surface area contributed by atoms with Crippen molar-refractivity contribution in [3.8, 4) is 0 Å². The quantitative estimate of drug-likeness (QED) is 0.549. The van der Waals surface area contributed by atoms with Gasteiger partial charge < -0.3 is 4.43 Å². The molecule has 0 heterocycles. The van der Waals surface area contributed by atoms with Crippen molar-refractivity contribution in [1.82, 2.24) is 0 Å². The molecule has 0 spiro atoms. The summed E-state index contributed by atoms with van der Waals surface area (Å²) in [5.74, 6) is 0.754. The molecular formula is C7H18OSi. The van der Waals surface area contributed by atoms with Crippen LogP contribution in [-0.2, 0) is 4.43 Å². The number of rotatable bonds is 3. The van der Waals surface area contributed by atoms with Gasteiger partial charge in [-0.25, -0.2) is 0 Å². The Balaban J connectivity index is 3.70. The van der Waals surface area contributed by atoms with Crippen molar-refractivity contribution in [2.75, 3.05) is 7.11 Å².